The van der Waals surface area contributed by atoms with E-state index in [0.717, 1.165) is 0 Å². The summed E-state index contributed by atoms with van der Waals surface area (Å²) in [6, 6.07) is 6.71. The summed E-state index contributed by atoms with van der Waals surface area (Å²) in [5, 5.41) is 2.75. The number of rotatable bonds is 5. The summed E-state index contributed by atoms with van der Waals surface area (Å²) in [6.45, 7) is 0. The molecule has 1 heterocycles. The van der Waals surface area contributed by atoms with Crippen molar-refractivity contribution in [3.63, 3.8) is 0 Å². The molecule has 4 N–H and O–H groups in total. The van der Waals surface area contributed by atoms with Gasteiger partial charge >= 0.3 is 0 Å². The first kappa shape index (κ1) is 14.6. The van der Waals surface area contributed by atoms with Crippen LogP contribution in [0.1, 0.15) is 10.4 Å². The number of ether oxygens (including phenoxy) is 2. The molecule has 0 aliphatic rings. The van der Waals surface area contributed by atoms with Crippen molar-refractivity contribution in [2.75, 3.05) is 25.0 Å². The second kappa shape index (κ2) is 6.58. The van der Waals surface area contributed by atoms with Crippen LogP contribution in [0.3, 0.4) is 0 Å². The Bertz CT molecular complexity index is 646. The molecule has 1 amide bonds. The van der Waals surface area contributed by atoms with Crippen LogP contribution in [0, 0.1) is 0 Å². The minimum atomic E-state index is -0.348. The largest absolute Gasteiger partial charge is 0.497 e. The maximum atomic E-state index is 12.3. The van der Waals surface area contributed by atoms with Gasteiger partial charge in [0.25, 0.3) is 5.91 Å². The Morgan fingerprint density at radius 1 is 1.19 bits per heavy atom. The van der Waals surface area contributed by atoms with E-state index >= 15 is 0 Å². The van der Waals surface area contributed by atoms with E-state index in [1.165, 1.54) is 13.3 Å². The quantitative estimate of drug-likeness (QED) is 0.571. The van der Waals surface area contributed by atoms with Crippen molar-refractivity contribution in [2.24, 2.45) is 5.84 Å². The van der Waals surface area contributed by atoms with Gasteiger partial charge in [-0.15, -0.1) is 0 Å². The van der Waals surface area contributed by atoms with Gasteiger partial charge in [0.2, 0.25) is 0 Å². The van der Waals surface area contributed by atoms with E-state index in [4.69, 9.17) is 15.3 Å². The number of nitrogens with two attached hydrogens (primary N) is 1. The Labute approximate surface area is 122 Å². The predicted molar refractivity (Wildman–Crippen MR) is 79.5 cm³/mol. The van der Waals surface area contributed by atoms with Crippen molar-refractivity contribution < 1.29 is 14.3 Å². The first-order valence-electron chi connectivity index (χ1n) is 6.13. The minimum Gasteiger partial charge on any atom is -0.497 e. The van der Waals surface area contributed by atoms with E-state index in [1.807, 2.05) is 0 Å². The van der Waals surface area contributed by atoms with Crippen LogP contribution in [0.15, 0.2) is 36.7 Å². The Hall–Kier alpha value is -2.80. The molecule has 0 spiro atoms. The minimum absolute atomic E-state index is 0.331. The molecule has 0 atom stereocenters. The fraction of sp³-hybridized carbons (Fsp3) is 0.143. The number of hydrazine groups is 1. The van der Waals surface area contributed by atoms with Crippen LogP contribution in [0.4, 0.5) is 11.4 Å². The number of anilines is 2. The molecule has 0 aliphatic carbocycles. The number of pyridine rings is 1. The fourth-order valence-corrected chi connectivity index (χ4v) is 1.79. The van der Waals surface area contributed by atoms with Gasteiger partial charge in [0, 0.05) is 18.5 Å². The SMILES string of the molecule is COc1ccc(NC(=O)c2cnccc2NN)c(OC)c1. The molecule has 0 unspecified atom stereocenters. The van der Waals surface area contributed by atoms with E-state index in [9.17, 15) is 4.79 Å². The number of benzene rings is 1. The third kappa shape index (κ3) is 3.21. The van der Waals surface area contributed by atoms with Gasteiger partial charge in [-0.1, -0.05) is 0 Å². The highest BCUT2D eigenvalue weighted by Gasteiger charge is 2.14. The average molecular weight is 288 g/mol. The highest BCUT2D eigenvalue weighted by Crippen LogP contribution is 2.29. The molecule has 7 heteroatoms. The Balaban J connectivity index is 2.27. The summed E-state index contributed by atoms with van der Waals surface area (Å²) in [5.41, 5.74) is 3.79. The van der Waals surface area contributed by atoms with Crippen molar-refractivity contribution in [3.05, 3.63) is 42.2 Å². The lowest BCUT2D eigenvalue weighted by Crippen LogP contribution is -2.17. The van der Waals surface area contributed by atoms with Crippen LogP contribution in [-0.2, 0) is 0 Å². The maximum Gasteiger partial charge on any atom is 0.259 e. The van der Waals surface area contributed by atoms with Crippen LogP contribution in [0.25, 0.3) is 0 Å². The maximum absolute atomic E-state index is 12.3. The van der Waals surface area contributed by atoms with Gasteiger partial charge < -0.3 is 20.2 Å². The molecule has 0 saturated heterocycles. The van der Waals surface area contributed by atoms with E-state index < -0.39 is 0 Å². The van der Waals surface area contributed by atoms with Gasteiger partial charge in [-0.3, -0.25) is 15.6 Å². The summed E-state index contributed by atoms with van der Waals surface area (Å²) in [6.07, 6.45) is 2.97. The van der Waals surface area contributed by atoms with Gasteiger partial charge in [-0.25, -0.2) is 0 Å². The number of hydrogen-bond donors (Lipinski definition) is 3. The van der Waals surface area contributed by atoms with Crippen molar-refractivity contribution >= 4 is 17.3 Å². The van der Waals surface area contributed by atoms with E-state index in [0.29, 0.717) is 28.4 Å². The lowest BCUT2D eigenvalue weighted by Gasteiger charge is -2.13. The van der Waals surface area contributed by atoms with Gasteiger partial charge in [0.15, 0.2) is 0 Å². The Kier molecular flexibility index (Phi) is 4.57. The third-order valence-corrected chi connectivity index (χ3v) is 2.88. The molecule has 2 aromatic rings. The Morgan fingerprint density at radius 2 is 2.00 bits per heavy atom. The highest BCUT2D eigenvalue weighted by atomic mass is 16.5. The monoisotopic (exact) mass is 288 g/mol. The zero-order valence-electron chi connectivity index (χ0n) is 11.7. The third-order valence-electron chi connectivity index (χ3n) is 2.88. The number of nitrogens with one attached hydrogen (secondary N) is 2. The number of carbonyl (C=O) groups excluding carboxylic acids is 1. The van der Waals surface area contributed by atoms with Crippen molar-refractivity contribution in [2.45, 2.75) is 0 Å². The zero-order valence-corrected chi connectivity index (χ0v) is 11.7. The topological polar surface area (TPSA) is 98.5 Å². The summed E-state index contributed by atoms with van der Waals surface area (Å²) >= 11 is 0. The van der Waals surface area contributed by atoms with Gasteiger partial charge in [0.05, 0.1) is 31.2 Å². The second-order valence-corrected chi connectivity index (χ2v) is 4.09. The number of amides is 1. The van der Waals surface area contributed by atoms with Gasteiger partial charge in [-0.05, 0) is 18.2 Å². The summed E-state index contributed by atoms with van der Waals surface area (Å²) < 4.78 is 10.3. The first-order chi connectivity index (χ1) is 10.2. The lowest BCUT2D eigenvalue weighted by molar-refractivity contribution is 0.102. The molecular weight excluding hydrogens is 272 g/mol. The van der Waals surface area contributed by atoms with Crippen LogP contribution < -0.4 is 26.1 Å². The molecule has 0 aliphatic heterocycles. The summed E-state index contributed by atoms with van der Waals surface area (Å²) in [4.78, 5) is 16.2. The molecule has 0 saturated carbocycles. The molecule has 0 fully saturated rings. The Morgan fingerprint density at radius 3 is 2.67 bits per heavy atom. The molecular formula is C14H16N4O3. The number of methoxy groups -OCH3 is 2. The number of carbonyl (C=O) groups is 1. The predicted octanol–water partition coefficient (Wildman–Crippen LogP) is 1.64. The molecule has 110 valence electrons. The number of nitrogen functional groups attached to an aromatic ring is 1. The van der Waals surface area contributed by atoms with Crippen molar-refractivity contribution in [3.8, 4) is 11.5 Å². The van der Waals surface area contributed by atoms with Gasteiger partial charge in [0.1, 0.15) is 11.5 Å². The lowest BCUT2D eigenvalue weighted by atomic mass is 10.2. The van der Waals surface area contributed by atoms with E-state index in [2.05, 4.69) is 15.7 Å². The molecule has 2 rings (SSSR count). The molecule has 0 radical (unpaired) electrons. The average Bonchev–Trinajstić information content (AvgIpc) is 2.55. The zero-order chi connectivity index (χ0) is 15.2. The number of aromatic nitrogens is 1. The van der Waals surface area contributed by atoms with Gasteiger partial charge in [-0.2, -0.15) is 0 Å². The van der Waals surface area contributed by atoms with Crippen LogP contribution in [0.2, 0.25) is 0 Å². The van der Waals surface area contributed by atoms with Crippen LogP contribution in [0.5, 0.6) is 11.5 Å². The fourth-order valence-electron chi connectivity index (χ4n) is 1.79. The number of hydrogen-bond acceptors (Lipinski definition) is 6. The number of nitrogens with zero attached hydrogens (tertiary/aromatic N) is 1. The summed E-state index contributed by atoms with van der Waals surface area (Å²) in [5.74, 6) is 6.16. The normalized spacial score (nSPS) is 9.86. The second-order valence-electron chi connectivity index (χ2n) is 4.09. The molecule has 1 aromatic heterocycles. The highest BCUT2D eigenvalue weighted by molar-refractivity contribution is 6.08. The van der Waals surface area contributed by atoms with Crippen LogP contribution >= 0.6 is 0 Å². The molecule has 0 bridgehead atoms. The van der Waals surface area contributed by atoms with Crippen molar-refractivity contribution in [1.82, 2.24) is 4.98 Å². The molecule has 7 nitrogen and oxygen atoms in total. The van der Waals surface area contributed by atoms with E-state index in [-0.39, 0.29) is 5.91 Å². The van der Waals surface area contributed by atoms with Crippen LogP contribution in [-0.4, -0.2) is 25.1 Å². The van der Waals surface area contributed by atoms with E-state index in [1.54, 1.807) is 37.6 Å². The first-order valence-corrected chi connectivity index (χ1v) is 6.13. The molecule has 21 heavy (non-hydrogen) atoms. The summed E-state index contributed by atoms with van der Waals surface area (Å²) in [7, 11) is 3.07. The standard InChI is InChI=1S/C14H16N4O3/c1-20-9-3-4-12(13(7-9)21-2)17-14(19)10-8-16-6-5-11(10)18-15/h3-8H,15H2,1-2H3,(H,16,18)(H,17,19). The van der Waals surface area contributed by atoms with Crippen molar-refractivity contribution in [1.29, 1.82) is 0 Å². The molecule has 1 aromatic carbocycles. The smallest absolute Gasteiger partial charge is 0.259 e.